The summed E-state index contributed by atoms with van der Waals surface area (Å²) >= 11 is 12.2. The van der Waals surface area contributed by atoms with Gasteiger partial charge in [0.1, 0.15) is 6.04 Å². The largest absolute Gasteiger partial charge is 0.462 e. The molecule has 0 bridgehead atoms. The fourth-order valence-corrected chi connectivity index (χ4v) is 4.41. The molecule has 0 aliphatic heterocycles. The van der Waals surface area contributed by atoms with Crippen LogP contribution in [0.3, 0.4) is 0 Å². The van der Waals surface area contributed by atoms with E-state index in [-0.39, 0.29) is 22.9 Å². The van der Waals surface area contributed by atoms with Gasteiger partial charge >= 0.3 is 5.97 Å². The van der Waals surface area contributed by atoms with Crippen LogP contribution in [0.4, 0.5) is 11.4 Å². The van der Waals surface area contributed by atoms with E-state index >= 15 is 0 Å². The van der Waals surface area contributed by atoms with Crippen LogP contribution in [0.1, 0.15) is 29.8 Å². The second kappa shape index (κ2) is 9.68. The third-order valence-corrected chi connectivity index (χ3v) is 6.01. The highest BCUT2D eigenvalue weighted by atomic mass is 35.5. The first kappa shape index (κ1) is 24.0. The summed E-state index contributed by atoms with van der Waals surface area (Å²) in [5.74, 6) is -1.14. The van der Waals surface area contributed by atoms with Crippen molar-refractivity contribution in [2.24, 2.45) is 0 Å². The number of sulfonamides is 1. The Labute approximate surface area is 186 Å². The number of nitrogens with one attached hydrogen (secondary N) is 1. The molecule has 0 spiro atoms. The summed E-state index contributed by atoms with van der Waals surface area (Å²) in [5.41, 5.74) is 1.41. The molecule has 0 radical (unpaired) electrons. The highest BCUT2D eigenvalue weighted by molar-refractivity contribution is 7.92. The Kier molecular flexibility index (Phi) is 7.74. The minimum absolute atomic E-state index is 0.117. The Hall–Kier alpha value is -2.29. The molecule has 30 heavy (non-hydrogen) atoms. The molecule has 2 rings (SSSR count). The van der Waals surface area contributed by atoms with Crippen LogP contribution < -0.4 is 9.62 Å². The summed E-state index contributed by atoms with van der Waals surface area (Å²) < 4.78 is 30.9. The number of anilines is 2. The number of benzene rings is 2. The second-order valence-electron chi connectivity index (χ2n) is 6.57. The monoisotopic (exact) mass is 472 g/mol. The van der Waals surface area contributed by atoms with Crippen molar-refractivity contribution in [3.05, 3.63) is 57.6 Å². The normalized spacial score (nSPS) is 12.2. The molecule has 2 aromatic carbocycles. The molecule has 0 saturated carbocycles. The van der Waals surface area contributed by atoms with E-state index in [9.17, 15) is 18.0 Å². The molecule has 1 amide bonds. The van der Waals surface area contributed by atoms with Gasteiger partial charge in [0, 0.05) is 5.02 Å². The zero-order valence-corrected chi connectivity index (χ0v) is 19.2. The number of halogens is 2. The van der Waals surface area contributed by atoms with Crippen molar-refractivity contribution in [2.45, 2.75) is 26.8 Å². The Balaban J connectivity index is 2.32. The van der Waals surface area contributed by atoms with E-state index in [1.807, 2.05) is 0 Å². The van der Waals surface area contributed by atoms with E-state index in [1.165, 1.54) is 31.2 Å². The predicted molar refractivity (Wildman–Crippen MR) is 119 cm³/mol. The zero-order chi connectivity index (χ0) is 22.6. The summed E-state index contributed by atoms with van der Waals surface area (Å²) in [6.07, 6.45) is 1.01. The van der Waals surface area contributed by atoms with Gasteiger partial charge in [-0.15, -0.1) is 0 Å². The maximum atomic E-state index is 12.8. The average Bonchev–Trinajstić information content (AvgIpc) is 2.65. The smallest absolute Gasteiger partial charge is 0.338 e. The zero-order valence-electron chi connectivity index (χ0n) is 16.9. The van der Waals surface area contributed by atoms with Gasteiger partial charge in [-0.05, 0) is 56.7 Å². The van der Waals surface area contributed by atoms with Crippen LogP contribution in [0.5, 0.6) is 0 Å². The first-order valence-electron chi connectivity index (χ1n) is 8.98. The number of aryl methyl sites for hydroxylation is 1. The van der Waals surface area contributed by atoms with Gasteiger partial charge in [0.2, 0.25) is 15.9 Å². The maximum Gasteiger partial charge on any atom is 0.338 e. The summed E-state index contributed by atoms with van der Waals surface area (Å²) in [5, 5.41) is 3.06. The highest BCUT2D eigenvalue weighted by Crippen LogP contribution is 2.29. The van der Waals surface area contributed by atoms with E-state index in [0.717, 1.165) is 10.6 Å². The summed E-state index contributed by atoms with van der Waals surface area (Å²) in [4.78, 5) is 24.6. The predicted octanol–water partition coefficient (Wildman–Crippen LogP) is 4.27. The van der Waals surface area contributed by atoms with Crippen LogP contribution in [0.25, 0.3) is 0 Å². The van der Waals surface area contributed by atoms with E-state index in [4.69, 9.17) is 27.9 Å². The summed E-state index contributed by atoms with van der Waals surface area (Å²) in [6.45, 7) is 5.08. The van der Waals surface area contributed by atoms with Crippen molar-refractivity contribution < 1.29 is 22.7 Å². The molecule has 1 N–H and O–H groups in total. The fraction of sp³-hybridized carbons (Fsp3) is 0.300. The van der Waals surface area contributed by atoms with Gasteiger partial charge in [-0.2, -0.15) is 0 Å². The molecule has 0 aliphatic rings. The Bertz CT molecular complexity index is 1070. The molecule has 0 saturated heterocycles. The van der Waals surface area contributed by atoms with Crippen molar-refractivity contribution in [3.63, 3.8) is 0 Å². The van der Waals surface area contributed by atoms with E-state index in [2.05, 4.69) is 5.32 Å². The minimum atomic E-state index is -3.81. The van der Waals surface area contributed by atoms with Gasteiger partial charge in [0.25, 0.3) is 0 Å². The second-order valence-corrected chi connectivity index (χ2v) is 9.27. The van der Waals surface area contributed by atoms with E-state index in [0.29, 0.717) is 16.3 Å². The van der Waals surface area contributed by atoms with Crippen LogP contribution in [0, 0.1) is 6.92 Å². The molecule has 162 valence electrons. The van der Waals surface area contributed by atoms with E-state index in [1.54, 1.807) is 26.0 Å². The standard InChI is InChI=1S/C20H22Cl2N2O5S/c1-5-29-20(26)14-7-9-17(16(22)10-14)23-19(25)13(3)24(30(4,27)28)18-11-15(21)8-6-12(18)2/h6-11,13H,5H2,1-4H3,(H,23,25)/t13-/m0/s1. The molecular weight excluding hydrogens is 451 g/mol. The van der Waals surface area contributed by atoms with Gasteiger partial charge in [0.15, 0.2) is 0 Å². The van der Waals surface area contributed by atoms with Gasteiger partial charge in [-0.3, -0.25) is 9.10 Å². The molecule has 0 aromatic heterocycles. The molecule has 7 nitrogen and oxygen atoms in total. The first-order valence-corrected chi connectivity index (χ1v) is 11.6. The molecule has 1 atom stereocenters. The number of amides is 1. The summed E-state index contributed by atoms with van der Waals surface area (Å²) in [7, 11) is -3.81. The maximum absolute atomic E-state index is 12.8. The molecule has 0 aliphatic carbocycles. The topological polar surface area (TPSA) is 92.8 Å². The number of esters is 1. The van der Waals surface area contributed by atoms with Crippen molar-refractivity contribution >= 4 is 56.5 Å². The Morgan fingerprint density at radius 3 is 2.40 bits per heavy atom. The molecular formula is C20H22Cl2N2O5S. The minimum Gasteiger partial charge on any atom is -0.462 e. The van der Waals surface area contributed by atoms with Crippen LogP contribution in [-0.2, 0) is 19.6 Å². The molecule has 2 aromatic rings. The number of ether oxygens (including phenoxy) is 1. The van der Waals surface area contributed by atoms with Crippen LogP contribution >= 0.6 is 23.2 Å². The number of nitrogens with zero attached hydrogens (tertiary/aromatic N) is 1. The fourth-order valence-electron chi connectivity index (χ4n) is 2.80. The number of carbonyl (C=O) groups is 2. The molecule has 0 fully saturated rings. The lowest BCUT2D eigenvalue weighted by atomic mass is 10.1. The number of carbonyl (C=O) groups excluding carboxylic acids is 2. The van der Waals surface area contributed by atoms with Crippen LogP contribution in [0.15, 0.2) is 36.4 Å². The van der Waals surface area contributed by atoms with Gasteiger partial charge < -0.3 is 10.1 Å². The Morgan fingerprint density at radius 1 is 1.17 bits per heavy atom. The summed E-state index contributed by atoms with van der Waals surface area (Å²) in [6, 6.07) is 7.98. The first-order chi connectivity index (χ1) is 14.0. The Morgan fingerprint density at radius 2 is 1.83 bits per heavy atom. The molecule has 10 heteroatoms. The third-order valence-electron chi connectivity index (χ3n) is 4.24. The van der Waals surface area contributed by atoms with Crippen molar-refractivity contribution in [2.75, 3.05) is 22.5 Å². The van der Waals surface area contributed by atoms with Crippen molar-refractivity contribution in [3.8, 4) is 0 Å². The lowest BCUT2D eigenvalue weighted by molar-refractivity contribution is -0.116. The molecule has 0 heterocycles. The van der Waals surface area contributed by atoms with Crippen LogP contribution in [-0.4, -0.2) is 39.2 Å². The SMILES string of the molecule is CCOC(=O)c1ccc(NC(=O)[C@H](C)N(c2cc(Cl)ccc2C)S(C)(=O)=O)c(Cl)c1. The van der Waals surface area contributed by atoms with Gasteiger partial charge in [0.05, 0.1) is 34.8 Å². The lowest BCUT2D eigenvalue weighted by Crippen LogP contribution is -2.45. The van der Waals surface area contributed by atoms with Crippen molar-refractivity contribution in [1.82, 2.24) is 0 Å². The van der Waals surface area contributed by atoms with Gasteiger partial charge in [-0.1, -0.05) is 29.3 Å². The molecule has 0 unspecified atom stereocenters. The average molecular weight is 473 g/mol. The number of hydrogen-bond donors (Lipinski definition) is 1. The highest BCUT2D eigenvalue weighted by Gasteiger charge is 2.30. The van der Waals surface area contributed by atoms with Crippen LogP contribution in [0.2, 0.25) is 10.0 Å². The quantitative estimate of drug-likeness (QED) is 0.607. The van der Waals surface area contributed by atoms with E-state index < -0.39 is 27.9 Å². The number of hydrogen-bond acceptors (Lipinski definition) is 5. The van der Waals surface area contributed by atoms with Gasteiger partial charge in [-0.25, -0.2) is 13.2 Å². The number of rotatable bonds is 7. The third kappa shape index (κ3) is 5.65. The lowest BCUT2D eigenvalue weighted by Gasteiger charge is -2.29. The van der Waals surface area contributed by atoms with Crippen molar-refractivity contribution in [1.29, 1.82) is 0 Å².